The lowest BCUT2D eigenvalue weighted by Crippen LogP contribution is -2.39. The summed E-state index contributed by atoms with van der Waals surface area (Å²) in [6.07, 6.45) is -0.459. The van der Waals surface area contributed by atoms with Gasteiger partial charge in [-0.05, 0) is 31.9 Å². The first-order valence-corrected chi connectivity index (χ1v) is 7.19. The van der Waals surface area contributed by atoms with E-state index in [1.807, 2.05) is 32.0 Å². The van der Waals surface area contributed by atoms with Crippen LogP contribution in [0.5, 0.6) is 0 Å². The number of methoxy groups -OCH3 is 1. The summed E-state index contributed by atoms with van der Waals surface area (Å²) in [6.45, 7) is 4.26. The van der Waals surface area contributed by atoms with E-state index in [1.165, 1.54) is 4.90 Å². The van der Waals surface area contributed by atoms with Gasteiger partial charge in [0.1, 0.15) is 6.79 Å². The molecule has 1 aromatic rings. The fraction of sp³-hybridized carbons (Fsp3) is 0.533. The first-order chi connectivity index (χ1) is 9.99. The maximum atomic E-state index is 11.6. The van der Waals surface area contributed by atoms with Gasteiger partial charge in [0.15, 0.2) is 0 Å². The van der Waals surface area contributed by atoms with E-state index in [-0.39, 0.29) is 18.9 Å². The van der Waals surface area contributed by atoms with Crippen LogP contribution < -0.4 is 0 Å². The molecule has 0 aliphatic heterocycles. The monoisotopic (exact) mass is 315 g/mol. The molecule has 0 aliphatic rings. The largest absolute Gasteiger partial charge is 0.465 e. The molecule has 1 rings (SSSR count). The number of amides is 1. The molecule has 21 heavy (non-hydrogen) atoms. The third-order valence-corrected chi connectivity index (χ3v) is 3.46. The molecule has 0 aromatic heterocycles. The van der Waals surface area contributed by atoms with E-state index < -0.39 is 6.09 Å². The van der Waals surface area contributed by atoms with Gasteiger partial charge >= 0.3 is 6.09 Å². The Hall–Kier alpha value is -1.30. The Morgan fingerprint density at radius 3 is 2.57 bits per heavy atom. The average molecular weight is 316 g/mol. The predicted octanol–water partition coefficient (Wildman–Crippen LogP) is 3.78. The Morgan fingerprint density at radius 1 is 1.38 bits per heavy atom. The van der Waals surface area contributed by atoms with Crippen molar-refractivity contribution < 1.29 is 19.4 Å². The Kier molecular flexibility index (Phi) is 7.50. The highest BCUT2D eigenvalue weighted by atomic mass is 35.5. The van der Waals surface area contributed by atoms with Crippen molar-refractivity contribution in [1.29, 1.82) is 0 Å². The first-order valence-electron chi connectivity index (χ1n) is 6.81. The quantitative estimate of drug-likeness (QED) is 0.586. The highest BCUT2D eigenvalue weighted by Gasteiger charge is 2.28. The van der Waals surface area contributed by atoms with E-state index in [4.69, 9.17) is 21.1 Å². The molecule has 1 amide bonds. The fourth-order valence-electron chi connectivity index (χ4n) is 2.24. The Balaban J connectivity index is 2.98. The molecule has 0 saturated heterocycles. The molecule has 0 spiro atoms. The molecule has 0 radical (unpaired) electrons. The van der Waals surface area contributed by atoms with Crippen molar-refractivity contribution >= 4 is 17.7 Å². The second-order valence-electron chi connectivity index (χ2n) is 4.92. The van der Waals surface area contributed by atoms with Crippen molar-refractivity contribution in [2.75, 3.05) is 20.5 Å². The van der Waals surface area contributed by atoms with E-state index in [9.17, 15) is 9.90 Å². The van der Waals surface area contributed by atoms with Crippen LogP contribution in [0.25, 0.3) is 0 Å². The number of ether oxygens (including phenoxy) is 2. The van der Waals surface area contributed by atoms with Gasteiger partial charge in [0.25, 0.3) is 0 Å². The van der Waals surface area contributed by atoms with Gasteiger partial charge in [-0.2, -0.15) is 0 Å². The lowest BCUT2D eigenvalue weighted by Gasteiger charge is -2.33. The zero-order chi connectivity index (χ0) is 15.8. The van der Waals surface area contributed by atoms with Gasteiger partial charge in [0.05, 0.1) is 12.6 Å². The molecule has 1 aromatic carbocycles. The topological polar surface area (TPSA) is 59.0 Å². The van der Waals surface area contributed by atoms with Crippen LogP contribution in [-0.2, 0) is 9.47 Å². The molecular weight excluding hydrogens is 294 g/mol. The van der Waals surface area contributed by atoms with Crippen LogP contribution in [0, 0.1) is 0 Å². The summed E-state index contributed by atoms with van der Waals surface area (Å²) >= 11 is 6.23. The van der Waals surface area contributed by atoms with E-state index in [2.05, 4.69) is 0 Å². The van der Waals surface area contributed by atoms with Gasteiger partial charge in [-0.25, -0.2) is 4.79 Å². The van der Waals surface area contributed by atoms with Gasteiger partial charge in [-0.1, -0.05) is 29.8 Å². The average Bonchev–Trinajstić information content (AvgIpc) is 2.42. The Labute approximate surface area is 130 Å². The maximum Gasteiger partial charge on any atom is 0.408 e. The zero-order valence-electron chi connectivity index (χ0n) is 12.6. The van der Waals surface area contributed by atoms with Gasteiger partial charge in [-0.3, -0.25) is 4.90 Å². The normalized spacial score (nSPS) is 12.4. The van der Waals surface area contributed by atoms with Crippen LogP contribution in [0.15, 0.2) is 24.3 Å². The molecule has 0 saturated carbocycles. The van der Waals surface area contributed by atoms with Crippen molar-refractivity contribution in [1.82, 2.24) is 4.90 Å². The Morgan fingerprint density at radius 2 is 2.05 bits per heavy atom. The number of hydrogen-bond donors (Lipinski definition) is 1. The van der Waals surface area contributed by atoms with Crippen LogP contribution >= 0.6 is 11.6 Å². The number of carbonyl (C=O) groups is 1. The minimum atomic E-state index is -0.971. The van der Waals surface area contributed by atoms with Gasteiger partial charge < -0.3 is 14.6 Å². The second-order valence-corrected chi connectivity index (χ2v) is 5.33. The van der Waals surface area contributed by atoms with E-state index in [1.54, 1.807) is 13.2 Å². The third kappa shape index (κ3) is 5.19. The highest BCUT2D eigenvalue weighted by Crippen LogP contribution is 2.31. The zero-order valence-corrected chi connectivity index (χ0v) is 13.3. The van der Waals surface area contributed by atoms with Crippen molar-refractivity contribution in [3.63, 3.8) is 0 Å². The number of benzene rings is 1. The molecule has 5 nitrogen and oxygen atoms in total. The van der Waals surface area contributed by atoms with Crippen molar-refractivity contribution in [3.8, 4) is 0 Å². The van der Waals surface area contributed by atoms with E-state index >= 15 is 0 Å². The predicted molar refractivity (Wildman–Crippen MR) is 81.6 cm³/mol. The van der Waals surface area contributed by atoms with E-state index in [0.29, 0.717) is 18.1 Å². The highest BCUT2D eigenvalue weighted by molar-refractivity contribution is 6.31. The summed E-state index contributed by atoms with van der Waals surface area (Å²) in [7, 11) is 1.54. The summed E-state index contributed by atoms with van der Waals surface area (Å²) < 4.78 is 10.1. The lowest BCUT2D eigenvalue weighted by molar-refractivity contribution is -0.0371. The molecule has 0 heterocycles. The molecule has 0 aliphatic carbocycles. The number of hydrogen-bond acceptors (Lipinski definition) is 3. The summed E-state index contributed by atoms with van der Waals surface area (Å²) in [5, 5.41) is 10.0. The van der Waals surface area contributed by atoms with Crippen LogP contribution in [0.3, 0.4) is 0 Å². The van der Waals surface area contributed by atoms with Gasteiger partial charge in [-0.15, -0.1) is 0 Å². The minimum Gasteiger partial charge on any atom is -0.465 e. The maximum absolute atomic E-state index is 11.6. The van der Waals surface area contributed by atoms with Crippen LogP contribution in [0.4, 0.5) is 4.79 Å². The van der Waals surface area contributed by atoms with Crippen LogP contribution in [0.1, 0.15) is 31.9 Å². The van der Waals surface area contributed by atoms with Gasteiger partial charge in [0.2, 0.25) is 0 Å². The number of carboxylic acid groups (broad SMARTS) is 1. The van der Waals surface area contributed by atoms with Crippen molar-refractivity contribution in [2.45, 2.75) is 32.4 Å². The second kappa shape index (κ2) is 8.87. The summed E-state index contributed by atoms with van der Waals surface area (Å²) in [4.78, 5) is 13.0. The van der Waals surface area contributed by atoms with Gasteiger partial charge in [0, 0.05) is 18.2 Å². The standard InChI is InChI=1S/C15H22ClNO4/c1-11(2)17(15(18)19)14(8-9-21-10-20-3)12-6-4-5-7-13(12)16/h4-7,11,14H,8-10H2,1-3H3,(H,18,19)/t14-/m0/s1. The number of rotatable bonds is 8. The van der Waals surface area contributed by atoms with E-state index in [0.717, 1.165) is 5.56 Å². The van der Waals surface area contributed by atoms with Crippen molar-refractivity contribution in [3.05, 3.63) is 34.9 Å². The molecule has 0 unspecified atom stereocenters. The van der Waals surface area contributed by atoms with Crippen molar-refractivity contribution in [2.24, 2.45) is 0 Å². The SMILES string of the molecule is COCOCC[C@@H](c1ccccc1Cl)N(C(=O)O)C(C)C. The summed E-state index contributed by atoms with van der Waals surface area (Å²) in [5.74, 6) is 0. The first kappa shape index (κ1) is 17.8. The molecule has 118 valence electrons. The minimum absolute atomic E-state index is 0.161. The lowest BCUT2D eigenvalue weighted by atomic mass is 10.0. The fourth-order valence-corrected chi connectivity index (χ4v) is 2.50. The Bertz CT molecular complexity index is 453. The summed E-state index contributed by atoms with van der Waals surface area (Å²) in [5.41, 5.74) is 0.788. The molecular formula is C15H22ClNO4. The summed E-state index contributed by atoms with van der Waals surface area (Å²) in [6, 6.07) is 6.77. The molecule has 0 fully saturated rings. The smallest absolute Gasteiger partial charge is 0.408 e. The van der Waals surface area contributed by atoms with Crippen LogP contribution in [0.2, 0.25) is 5.02 Å². The molecule has 0 bridgehead atoms. The molecule has 1 atom stereocenters. The number of halogens is 1. The third-order valence-electron chi connectivity index (χ3n) is 3.11. The number of nitrogens with zero attached hydrogens (tertiary/aromatic N) is 1. The molecule has 1 N–H and O–H groups in total. The molecule has 6 heteroatoms. The van der Waals surface area contributed by atoms with Crippen LogP contribution in [-0.4, -0.2) is 42.7 Å².